The lowest BCUT2D eigenvalue weighted by Gasteiger charge is -2.34. The molecule has 0 aromatic heterocycles. The minimum Gasteiger partial charge on any atom is -0.620 e. The molecule has 1 heterocycles. The minimum absolute atomic E-state index is 0.454. The number of anilines is 1. The van der Waals surface area contributed by atoms with Crippen molar-refractivity contribution in [3.05, 3.63) is 107 Å². The highest BCUT2D eigenvalue weighted by atomic mass is 16.5. The Labute approximate surface area is 184 Å². The van der Waals surface area contributed by atoms with E-state index >= 15 is 0 Å². The second-order valence-corrected chi connectivity index (χ2v) is 8.08. The lowest BCUT2D eigenvalue weighted by atomic mass is 10.1. The van der Waals surface area contributed by atoms with E-state index in [0.29, 0.717) is 12.3 Å². The van der Waals surface area contributed by atoms with E-state index in [1.54, 1.807) is 0 Å². The van der Waals surface area contributed by atoms with Crippen molar-refractivity contribution >= 4 is 17.2 Å². The third-order valence-electron chi connectivity index (χ3n) is 5.79. The summed E-state index contributed by atoms with van der Waals surface area (Å²) < 4.78 is 1.09. The van der Waals surface area contributed by atoms with Crippen molar-refractivity contribution in [1.29, 1.82) is 0 Å². The van der Waals surface area contributed by atoms with Gasteiger partial charge in [-0.1, -0.05) is 54.1 Å². The van der Waals surface area contributed by atoms with Gasteiger partial charge in [0, 0.05) is 25.3 Å². The predicted molar refractivity (Wildman–Crippen MR) is 128 cm³/mol. The molecule has 0 N–H and O–H groups in total. The summed E-state index contributed by atoms with van der Waals surface area (Å²) in [5.74, 6) is -0.466. The number of aliphatic imine (C=N–C) groups is 1. The molecular weight excluding hydrogens is 384 g/mol. The molecule has 5 nitrogen and oxygen atoms in total. The van der Waals surface area contributed by atoms with E-state index in [1.165, 1.54) is 5.56 Å². The first-order valence-corrected chi connectivity index (χ1v) is 10.5. The molecule has 4 rings (SSSR count). The summed E-state index contributed by atoms with van der Waals surface area (Å²) >= 11 is 0. The molecule has 1 aliphatic heterocycles. The Morgan fingerprint density at radius 1 is 0.935 bits per heavy atom. The average molecular weight is 413 g/mol. The molecule has 0 saturated heterocycles. The largest absolute Gasteiger partial charge is 0.620 e. The molecule has 1 unspecified atom stereocenters. The molecule has 1 aliphatic rings. The molecule has 0 aliphatic carbocycles. The number of rotatable bonds is 4. The van der Waals surface area contributed by atoms with Gasteiger partial charge in [-0.2, -0.15) is 9.73 Å². The molecule has 3 aromatic carbocycles. The Morgan fingerprint density at radius 2 is 1.52 bits per heavy atom. The van der Waals surface area contributed by atoms with E-state index in [0.717, 1.165) is 27.4 Å². The van der Waals surface area contributed by atoms with Gasteiger partial charge in [-0.15, -0.1) is 0 Å². The van der Waals surface area contributed by atoms with Crippen LogP contribution in [0, 0.1) is 12.1 Å². The highest BCUT2D eigenvalue weighted by molar-refractivity contribution is 6.01. The summed E-state index contributed by atoms with van der Waals surface area (Å²) in [5, 5.41) is 14.1. The van der Waals surface area contributed by atoms with E-state index in [4.69, 9.17) is 4.99 Å². The number of amidine groups is 1. The van der Waals surface area contributed by atoms with Crippen LogP contribution in [0.1, 0.15) is 23.6 Å². The zero-order valence-electron chi connectivity index (χ0n) is 18.5. The van der Waals surface area contributed by atoms with Crippen LogP contribution in [0.15, 0.2) is 89.9 Å². The van der Waals surface area contributed by atoms with Crippen LogP contribution in [0.4, 0.5) is 5.69 Å². The van der Waals surface area contributed by atoms with E-state index in [-0.39, 0.29) is 0 Å². The fourth-order valence-corrected chi connectivity index (χ4v) is 3.89. The first kappa shape index (κ1) is 20.7. The summed E-state index contributed by atoms with van der Waals surface area (Å²) in [6.45, 7) is 4.45. The van der Waals surface area contributed by atoms with Gasteiger partial charge in [-0.3, -0.25) is 4.90 Å². The van der Waals surface area contributed by atoms with Gasteiger partial charge >= 0.3 is 5.79 Å². The van der Waals surface area contributed by atoms with Crippen molar-refractivity contribution in [1.82, 2.24) is 4.90 Å². The molecule has 3 aromatic rings. The predicted octanol–water partition coefficient (Wildman–Crippen LogP) is 4.61. The van der Waals surface area contributed by atoms with Crippen molar-refractivity contribution in [3.63, 3.8) is 0 Å². The van der Waals surface area contributed by atoms with Gasteiger partial charge in [0.15, 0.2) is 0 Å². The van der Waals surface area contributed by atoms with Crippen LogP contribution >= 0.6 is 0 Å². The highest BCUT2D eigenvalue weighted by Gasteiger charge is 2.55. The van der Waals surface area contributed by atoms with E-state index in [2.05, 4.69) is 36.1 Å². The Kier molecular flexibility index (Phi) is 5.51. The molecule has 0 amide bonds. The van der Waals surface area contributed by atoms with E-state index < -0.39 is 5.79 Å². The van der Waals surface area contributed by atoms with Crippen LogP contribution in [0.25, 0.3) is 0 Å². The third kappa shape index (κ3) is 3.67. The van der Waals surface area contributed by atoms with Crippen molar-refractivity contribution in [2.24, 2.45) is 4.99 Å². The van der Waals surface area contributed by atoms with E-state index in [9.17, 15) is 5.21 Å². The van der Waals surface area contributed by atoms with Gasteiger partial charge < -0.3 is 10.1 Å². The molecule has 1 atom stereocenters. The molecule has 158 valence electrons. The lowest BCUT2D eigenvalue weighted by Crippen LogP contribution is -2.48. The second kappa shape index (κ2) is 8.26. The second-order valence-electron chi connectivity index (χ2n) is 8.08. The Hall–Kier alpha value is -3.60. The molecule has 0 spiro atoms. The number of benzene rings is 3. The van der Waals surface area contributed by atoms with Crippen LogP contribution in [-0.4, -0.2) is 41.8 Å². The molecule has 31 heavy (non-hydrogen) atoms. The number of hydroxylamine groups is 1. The first-order valence-electron chi connectivity index (χ1n) is 10.5. The van der Waals surface area contributed by atoms with Gasteiger partial charge in [0.05, 0.1) is 5.56 Å². The zero-order valence-corrected chi connectivity index (χ0v) is 18.5. The van der Waals surface area contributed by atoms with Gasteiger partial charge in [0.25, 0.3) is 0 Å². The molecule has 5 heteroatoms. The molecule has 0 radical (unpaired) electrons. The van der Waals surface area contributed by atoms with Crippen LogP contribution in [-0.2, 0) is 5.79 Å². The number of aryl methyl sites for hydroxylation is 1. The Balaban J connectivity index is 2.02. The van der Waals surface area contributed by atoms with Crippen molar-refractivity contribution < 1.29 is 4.74 Å². The van der Waals surface area contributed by atoms with Crippen LogP contribution in [0.3, 0.4) is 0 Å². The molecule has 0 fully saturated rings. The van der Waals surface area contributed by atoms with Crippen molar-refractivity contribution in [2.75, 3.05) is 25.5 Å². The SMILES string of the molecule is C/C(=N\C1(c2ccccc2)N(c2ccc(C)cc2)CC(c2ccccc2)=[N+]1[O-])N(C)C. The Bertz CT molecular complexity index is 1110. The standard InChI is InChI=1S/C26H28N4O/c1-20-15-17-24(18-16-20)29-19-25(22-11-7-5-8-12-22)30(31)26(29,27-21(2)28(3)4)23-13-9-6-10-14-23/h5-18H,19H2,1-4H3/b27-21+. The summed E-state index contributed by atoms with van der Waals surface area (Å²) in [6.07, 6.45) is 0. The summed E-state index contributed by atoms with van der Waals surface area (Å²) in [7, 11) is 3.89. The Morgan fingerprint density at radius 3 is 2.10 bits per heavy atom. The normalized spacial score (nSPS) is 19.1. The smallest absolute Gasteiger partial charge is 0.378 e. The van der Waals surface area contributed by atoms with E-state index in [1.807, 2.05) is 86.6 Å². The number of nitrogens with zero attached hydrogens (tertiary/aromatic N) is 4. The van der Waals surface area contributed by atoms with Crippen molar-refractivity contribution in [2.45, 2.75) is 19.6 Å². The summed E-state index contributed by atoms with van der Waals surface area (Å²) in [5.41, 5.74) is 4.56. The fraction of sp³-hybridized carbons (Fsp3) is 0.231. The third-order valence-corrected chi connectivity index (χ3v) is 5.79. The maximum Gasteiger partial charge on any atom is 0.378 e. The maximum atomic E-state index is 14.1. The van der Waals surface area contributed by atoms with Gasteiger partial charge in [0.2, 0.25) is 5.71 Å². The molecule has 0 saturated carbocycles. The maximum absolute atomic E-state index is 14.1. The van der Waals surface area contributed by atoms with Crippen LogP contribution in [0.5, 0.6) is 0 Å². The molecular formula is C26H28N4O. The van der Waals surface area contributed by atoms with Crippen molar-refractivity contribution in [3.8, 4) is 0 Å². The lowest BCUT2D eigenvalue weighted by molar-refractivity contribution is -0.547. The quantitative estimate of drug-likeness (QED) is 0.272. The summed E-state index contributed by atoms with van der Waals surface area (Å²) in [6, 6.07) is 28.0. The van der Waals surface area contributed by atoms with Gasteiger partial charge in [-0.25, -0.2) is 0 Å². The average Bonchev–Trinajstić information content (AvgIpc) is 3.08. The van der Waals surface area contributed by atoms with Crippen LogP contribution in [0.2, 0.25) is 0 Å². The number of hydrogen-bond donors (Lipinski definition) is 0. The van der Waals surface area contributed by atoms with Gasteiger partial charge in [-0.05, 0) is 50.2 Å². The highest BCUT2D eigenvalue weighted by Crippen LogP contribution is 2.40. The fourth-order valence-electron chi connectivity index (χ4n) is 3.89. The summed E-state index contributed by atoms with van der Waals surface area (Å²) in [4.78, 5) is 9.11. The van der Waals surface area contributed by atoms with Crippen LogP contribution < -0.4 is 4.90 Å². The topological polar surface area (TPSA) is 44.9 Å². The van der Waals surface area contributed by atoms with Gasteiger partial charge in [0.1, 0.15) is 12.4 Å². The molecule has 0 bridgehead atoms. The minimum atomic E-state index is -1.24. The monoisotopic (exact) mass is 412 g/mol. The zero-order chi connectivity index (χ0) is 22.0. The number of hydrogen-bond acceptors (Lipinski definition) is 3. The first-order chi connectivity index (χ1) is 14.9.